The number of nitrogens with zero attached hydrogens (tertiary/aromatic N) is 1. The first-order valence-corrected chi connectivity index (χ1v) is 12.6. The first-order valence-electron chi connectivity index (χ1n) is 11.8. The van der Waals surface area contributed by atoms with Crippen LogP contribution in [0.25, 0.3) is 0 Å². The van der Waals surface area contributed by atoms with E-state index in [1.165, 1.54) is 5.06 Å². The fraction of sp³-hybridized carbons (Fsp3) is 0.423. The van der Waals surface area contributed by atoms with Gasteiger partial charge in [-0.15, -0.1) is 16.8 Å². The number of thioether (sulfide) groups is 1. The van der Waals surface area contributed by atoms with Crippen molar-refractivity contribution in [2.75, 3.05) is 13.2 Å². The maximum atomic E-state index is 12.8. The topological polar surface area (TPSA) is 105 Å². The summed E-state index contributed by atoms with van der Waals surface area (Å²) in [6, 6.07) is 17.0. The Morgan fingerprint density at radius 3 is 2.37 bits per heavy atom. The fourth-order valence-corrected chi connectivity index (χ4v) is 5.10. The van der Waals surface area contributed by atoms with Gasteiger partial charge in [-0.1, -0.05) is 48.5 Å². The number of aryl methyl sites for hydroxylation is 1. The third-order valence-corrected chi connectivity index (χ3v) is 6.92. The summed E-state index contributed by atoms with van der Waals surface area (Å²) in [6.07, 6.45) is 1.43. The van der Waals surface area contributed by atoms with Gasteiger partial charge in [0.25, 0.3) is 0 Å². The highest BCUT2D eigenvalue weighted by atomic mass is 32.2. The molecule has 0 aliphatic carbocycles. The Balaban J connectivity index is 1.59. The number of aliphatic carboxylic acids is 1. The summed E-state index contributed by atoms with van der Waals surface area (Å²) >= 11 is 1.56. The van der Waals surface area contributed by atoms with E-state index in [0.29, 0.717) is 25.8 Å². The molecule has 0 saturated carbocycles. The van der Waals surface area contributed by atoms with E-state index >= 15 is 0 Å². The second-order valence-electron chi connectivity index (χ2n) is 8.37. The normalized spacial score (nSPS) is 19.6. The van der Waals surface area contributed by atoms with Gasteiger partial charge in [-0.05, 0) is 50.8 Å². The highest BCUT2D eigenvalue weighted by Gasteiger charge is 2.41. The second kappa shape index (κ2) is 13.3. The van der Waals surface area contributed by atoms with Crippen LogP contribution >= 0.6 is 11.8 Å². The summed E-state index contributed by atoms with van der Waals surface area (Å²) in [4.78, 5) is 43.7. The van der Waals surface area contributed by atoms with Crippen molar-refractivity contribution >= 4 is 29.7 Å². The zero-order valence-corrected chi connectivity index (χ0v) is 20.8. The Hall–Kier alpha value is -2.88. The summed E-state index contributed by atoms with van der Waals surface area (Å²) in [5, 5.41) is 13.9. The van der Waals surface area contributed by atoms with E-state index in [1.54, 1.807) is 25.6 Å². The van der Waals surface area contributed by atoms with E-state index in [1.807, 2.05) is 60.7 Å². The molecule has 0 amide bonds. The molecule has 188 valence electrons. The monoisotopic (exact) mass is 500 g/mol. The van der Waals surface area contributed by atoms with E-state index in [-0.39, 0.29) is 11.9 Å². The summed E-state index contributed by atoms with van der Waals surface area (Å²) in [7, 11) is 0. The van der Waals surface area contributed by atoms with E-state index in [4.69, 9.17) is 9.57 Å². The average molecular weight is 501 g/mol. The van der Waals surface area contributed by atoms with Gasteiger partial charge in [0, 0.05) is 16.7 Å². The van der Waals surface area contributed by atoms with Gasteiger partial charge >= 0.3 is 17.9 Å². The number of esters is 1. The van der Waals surface area contributed by atoms with Gasteiger partial charge in [-0.25, -0.2) is 4.79 Å². The minimum Gasteiger partial charge on any atom is -0.480 e. The lowest BCUT2D eigenvalue weighted by Crippen LogP contribution is -2.49. The molecule has 4 atom stereocenters. The van der Waals surface area contributed by atoms with Crippen LogP contribution in [0.15, 0.2) is 65.6 Å². The molecule has 35 heavy (non-hydrogen) atoms. The van der Waals surface area contributed by atoms with Crippen molar-refractivity contribution in [2.45, 2.75) is 61.4 Å². The van der Waals surface area contributed by atoms with Crippen molar-refractivity contribution in [3.05, 3.63) is 66.2 Å². The predicted octanol–water partition coefficient (Wildman–Crippen LogP) is 3.31. The van der Waals surface area contributed by atoms with Crippen LogP contribution < -0.4 is 5.32 Å². The van der Waals surface area contributed by atoms with Crippen LogP contribution in [0, 0.1) is 0 Å². The summed E-state index contributed by atoms with van der Waals surface area (Å²) in [5.41, 5.74) is 1.07. The van der Waals surface area contributed by atoms with Crippen molar-refractivity contribution in [1.29, 1.82) is 0 Å². The molecular weight excluding hydrogens is 468 g/mol. The smallest absolute Gasteiger partial charge is 0.341 e. The van der Waals surface area contributed by atoms with Crippen molar-refractivity contribution < 1.29 is 29.1 Å². The molecule has 9 heteroatoms. The lowest BCUT2D eigenvalue weighted by molar-refractivity contribution is -0.200. The molecule has 1 heterocycles. The first-order chi connectivity index (χ1) is 16.9. The number of hydroxylamine groups is 2. The first kappa shape index (κ1) is 26.7. The maximum absolute atomic E-state index is 12.8. The van der Waals surface area contributed by atoms with E-state index in [2.05, 4.69) is 5.32 Å². The Bertz CT molecular complexity index is 974. The van der Waals surface area contributed by atoms with E-state index in [9.17, 15) is 19.5 Å². The Kier molecular flexibility index (Phi) is 10.1. The number of hydrogen-bond acceptors (Lipinski definition) is 8. The molecule has 1 aliphatic heterocycles. The quantitative estimate of drug-likeness (QED) is 0.425. The molecule has 0 aromatic heterocycles. The van der Waals surface area contributed by atoms with Crippen LogP contribution in [0.2, 0.25) is 0 Å². The van der Waals surface area contributed by atoms with E-state index in [0.717, 1.165) is 10.5 Å². The third-order valence-electron chi connectivity index (χ3n) is 5.70. The third kappa shape index (κ3) is 8.09. The number of carbonyl (C=O) groups excluding carboxylic acids is 2. The zero-order chi connectivity index (χ0) is 25.2. The van der Waals surface area contributed by atoms with Crippen LogP contribution in [0.5, 0.6) is 0 Å². The molecule has 1 fully saturated rings. The van der Waals surface area contributed by atoms with Crippen LogP contribution in [-0.2, 0) is 30.4 Å². The van der Waals surface area contributed by atoms with Gasteiger partial charge in [-0.2, -0.15) is 0 Å². The second-order valence-corrected chi connectivity index (χ2v) is 9.74. The Morgan fingerprint density at radius 2 is 1.74 bits per heavy atom. The average Bonchev–Trinajstić information content (AvgIpc) is 3.25. The minimum absolute atomic E-state index is 0.0345. The largest absolute Gasteiger partial charge is 0.480 e. The summed E-state index contributed by atoms with van der Waals surface area (Å²) in [5.74, 6) is -2.12. The standard InChI is InChI=1S/C26H32N2O6S/c1-3-33-26(32)22(15-14-19-10-6-4-7-11-19)27-18(2)25(31)34-28-17-21(16-23(28)24(29)30)35-20-12-8-5-9-13-20/h4-13,18,21-23,27H,3,14-17H2,1-2H3,(H,29,30)/t18-,21?,22+,23-/m0/s1. The molecule has 0 radical (unpaired) electrons. The molecule has 2 aromatic rings. The number of rotatable bonds is 12. The zero-order valence-electron chi connectivity index (χ0n) is 20.0. The van der Waals surface area contributed by atoms with Gasteiger partial charge in [0.2, 0.25) is 0 Å². The number of ether oxygens (including phenoxy) is 1. The molecule has 2 aromatic carbocycles. The fourth-order valence-electron chi connectivity index (χ4n) is 3.90. The highest BCUT2D eigenvalue weighted by molar-refractivity contribution is 8.00. The van der Waals surface area contributed by atoms with Crippen molar-refractivity contribution in [3.63, 3.8) is 0 Å². The minimum atomic E-state index is -1.04. The van der Waals surface area contributed by atoms with Crippen molar-refractivity contribution in [2.24, 2.45) is 0 Å². The van der Waals surface area contributed by atoms with E-state index < -0.39 is 36.0 Å². The summed E-state index contributed by atoms with van der Waals surface area (Å²) in [6.45, 7) is 3.85. The lowest BCUT2D eigenvalue weighted by atomic mass is 10.0. The maximum Gasteiger partial charge on any atom is 0.341 e. The number of hydrogen-bond donors (Lipinski definition) is 2. The SMILES string of the molecule is CCOC(=O)[C@@H](CCc1ccccc1)N[C@@H](C)C(=O)ON1CC(Sc2ccccc2)C[C@H]1C(=O)O. The van der Waals surface area contributed by atoms with Gasteiger partial charge in [0.05, 0.1) is 6.61 Å². The van der Waals surface area contributed by atoms with Gasteiger partial charge in [0.1, 0.15) is 18.1 Å². The van der Waals surface area contributed by atoms with Crippen molar-refractivity contribution in [1.82, 2.24) is 10.4 Å². The van der Waals surface area contributed by atoms with Gasteiger partial charge in [0.15, 0.2) is 0 Å². The van der Waals surface area contributed by atoms with Gasteiger partial charge in [-0.3, -0.25) is 14.9 Å². The van der Waals surface area contributed by atoms with Crippen LogP contribution in [0.1, 0.15) is 32.3 Å². The molecular formula is C26H32N2O6S. The number of benzene rings is 2. The lowest BCUT2D eigenvalue weighted by Gasteiger charge is -2.24. The molecule has 2 N–H and O–H groups in total. The number of carbonyl (C=O) groups is 3. The molecule has 1 unspecified atom stereocenters. The molecule has 0 bridgehead atoms. The molecule has 1 aliphatic rings. The molecule has 0 spiro atoms. The van der Waals surface area contributed by atoms with Gasteiger partial charge < -0.3 is 14.7 Å². The molecule has 8 nitrogen and oxygen atoms in total. The predicted molar refractivity (Wildman–Crippen MR) is 133 cm³/mol. The number of carboxylic acids is 1. The Labute approximate surface area is 209 Å². The number of nitrogens with one attached hydrogen (secondary N) is 1. The van der Waals surface area contributed by atoms with Crippen LogP contribution in [-0.4, -0.2) is 64.6 Å². The molecule has 1 saturated heterocycles. The highest BCUT2D eigenvalue weighted by Crippen LogP contribution is 2.33. The molecule has 3 rings (SSSR count). The van der Waals surface area contributed by atoms with Crippen LogP contribution in [0.3, 0.4) is 0 Å². The van der Waals surface area contributed by atoms with Crippen molar-refractivity contribution in [3.8, 4) is 0 Å². The summed E-state index contributed by atoms with van der Waals surface area (Å²) < 4.78 is 5.18. The number of carboxylic acid groups (broad SMARTS) is 1. The van der Waals surface area contributed by atoms with Crippen LogP contribution in [0.4, 0.5) is 0 Å². The Morgan fingerprint density at radius 1 is 1.09 bits per heavy atom.